The monoisotopic (exact) mass is 295 g/mol. The molecular weight excluding hydrogens is 284 g/mol. The van der Waals surface area contributed by atoms with Gasteiger partial charge >= 0.3 is 0 Å². The zero-order valence-corrected chi connectivity index (χ0v) is 11.5. The highest BCUT2D eigenvalue weighted by atomic mass is 19.2. The Kier molecular flexibility index (Phi) is 3.67. The van der Waals surface area contributed by atoms with Crippen molar-refractivity contribution in [1.82, 2.24) is 9.55 Å². The van der Waals surface area contributed by atoms with Gasteiger partial charge in [-0.2, -0.15) is 5.26 Å². The number of nitriles is 1. The molecule has 0 aliphatic rings. The van der Waals surface area contributed by atoms with Gasteiger partial charge in [0, 0.05) is 24.5 Å². The van der Waals surface area contributed by atoms with Gasteiger partial charge in [-0.25, -0.2) is 13.8 Å². The van der Waals surface area contributed by atoms with E-state index in [1.54, 1.807) is 24.5 Å². The highest BCUT2D eigenvalue weighted by molar-refractivity contribution is 5.55. The van der Waals surface area contributed by atoms with Gasteiger partial charge in [0.2, 0.25) is 0 Å². The Hall–Kier alpha value is -3.00. The van der Waals surface area contributed by atoms with Crippen molar-refractivity contribution in [3.05, 3.63) is 77.6 Å². The minimum absolute atomic E-state index is 0.512. The van der Waals surface area contributed by atoms with Gasteiger partial charge in [-0.15, -0.1) is 0 Å². The lowest BCUT2D eigenvalue weighted by molar-refractivity contribution is 0.509. The molecule has 1 heterocycles. The number of aromatic nitrogens is 2. The highest BCUT2D eigenvalue weighted by Crippen LogP contribution is 2.21. The molecule has 0 saturated carbocycles. The highest BCUT2D eigenvalue weighted by Gasteiger charge is 2.10. The smallest absolute Gasteiger partial charge is 0.159 e. The van der Waals surface area contributed by atoms with Crippen LogP contribution >= 0.6 is 0 Å². The topological polar surface area (TPSA) is 41.6 Å². The molecule has 0 radical (unpaired) electrons. The number of imidazole rings is 1. The van der Waals surface area contributed by atoms with E-state index in [0.717, 1.165) is 17.7 Å². The Balaban J connectivity index is 1.91. The van der Waals surface area contributed by atoms with Gasteiger partial charge < -0.3 is 4.57 Å². The summed E-state index contributed by atoms with van der Waals surface area (Å²) in [7, 11) is 0. The first kappa shape index (κ1) is 14.0. The summed E-state index contributed by atoms with van der Waals surface area (Å²) in [5.74, 6) is -1.22. The Labute approximate surface area is 126 Å². The number of nitrogens with zero attached hydrogens (tertiary/aromatic N) is 3. The maximum atomic E-state index is 13.4. The third-order valence-corrected chi connectivity index (χ3v) is 3.33. The maximum absolute atomic E-state index is 13.4. The van der Waals surface area contributed by atoms with Crippen LogP contribution in [-0.4, -0.2) is 9.55 Å². The van der Waals surface area contributed by atoms with E-state index < -0.39 is 11.6 Å². The van der Waals surface area contributed by atoms with Crippen LogP contribution < -0.4 is 0 Å². The summed E-state index contributed by atoms with van der Waals surface area (Å²) in [5.41, 5.74) is 2.09. The molecule has 3 aromatic rings. The lowest BCUT2D eigenvalue weighted by Crippen LogP contribution is -2.01. The van der Waals surface area contributed by atoms with Crippen LogP contribution in [0.3, 0.4) is 0 Å². The minimum atomic E-state index is -0.898. The number of rotatable bonds is 3. The molecule has 0 atom stereocenters. The largest absolute Gasteiger partial charge is 0.327 e. The second-order valence-corrected chi connectivity index (χ2v) is 4.82. The minimum Gasteiger partial charge on any atom is -0.327 e. The second kappa shape index (κ2) is 5.78. The van der Waals surface area contributed by atoms with Crippen LogP contribution in [0.1, 0.15) is 11.1 Å². The van der Waals surface area contributed by atoms with Crippen molar-refractivity contribution >= 4 is 0 Å². The van der Waals surface area contributed by atoms with Gasteiger partial charge in [-0.05, 0) is 35.9 Å². The summed E-state index contributed by atoms with van der Waals surface area (Å²) in [5, 5.41) is 8.79. The van der Waals surface area contributed by atoms with Crippen LogP contribution in [0.2, 0.25) is 0 Å². The Morgan fingerprint density at radius 2 is 1.82 bits per heavy atom. The van der Waals surface area contributed by atoms with Crippen molar-refractivity contribution in [3.63, 3.8) is 0 Å². The van der Waals surface area contributed by atoms with Crippen molar-refractivity contribution in [2.24, 2.45) is 0 Å². The zero-order valence-electron chi connectivity index (χ0n) is 11.5. The molecule has 2 aromatic carbocycles. The predicted octanol–water partition coefficient (Wildman–Crippen LogP) is 3.75. The van der Waals surface area contributed by atoms with Crippen molar-refractivity contribution in [3.8, 4) is 17.5 Å². The Bertz CT molecular complexity index is 845. The standard InChI is InChI=1S/C17H11F2N3/c18-15-6-5-14(9-16(15)19)17-21-7-8-22(17)11-13-3-1-12(10-20)2-4-13/h1-9H,11H2. The lowest BCUT2D eigenvalue weighted by atomic mass is 10.1. The summed E-state index contributed by atoms with van der Waals surface area (Å²) in [6, 6.07) is 13.0. The van der Waals surface area contributed by atoms with Crippen LogP contribution in [0.4, 0.5) is 8.78 Å². The number of hydrogen-bond acceptors (Lipinski definition) is 2. The first-order valence-electron chi connectivity index (χ1n) is 6.63. The van der Waals surface area contributed by atoms with E-state index in [0.29, 0.717) is 23.5 Å². The normalized spacial score (nSPS) is 10.4. The fraction of sp³-hybridized carbons (Fsp3) is 0.0588. The first-order valence-corrected chi connectivity index (χ1v) is 6.63. The van der Waals surface area contributed by atoms with E-state index in [9.17, 15) is 8.78 Å². The van der Waals surface area contributed by atoms with Crippen molar-refractivity contribution in [2.45, 2.75) is 6.54 Å². The molecule has 3 rings (SSSR count). The van der Waals surface area contributed by atoms with E-state index in [-0.39, 0.29) is 0 Å². The summed E-state index contributed by atoms with van der Waals surface area (Å²) in [4.78, 5) is 4.21. The summed E-state index contributed by atoms with van der Waals surface area (Å²) in [6.07, 6.45) is 3.38. The number of hydrogen-bond donors (Lipinski definition) is 0. The summed E-state index contributed by atoms with van der Waals surface area (Å²) in [6.45, 7) is 0.528. The van der Waals surface area contributed by atoms with Crippen molar-refractivity contribution in [2.75, 3.05) is 0 Å². The average molecular weight is 295 g/mol. The summed E-state index contributed by atoms with van der Waals surface area (Å²) < 4.78 is 28.2. The quantitative estimate of drug-likeness (QED) is 0.738. The third kappa shape index (κ3) is 2.72. The van der Waals surface area contributed by atoms with Gasteiger partial charge in [-0.3, -0.25) is 0 Å². The van der Waals surface area contributed by atoms with Crippen LogP contribution in [0, 0.1) is 23.0 Å². The lowest BCUT2D eigenvalue weighted by Gasteiger charge is -2.08. The maximum Gasteiger partial charge on any atom is 0.159 e. The van der Waals surface area contributed by atoms with Gasteiger partial charge in [-0.1, -0.05) is 12.1 Å². The SMILES string of the molecule is N#Cc1ccc(Cn2ccnc2-c2ccc(F)c(F)c2)cc1. The average Bonchev–Trinajstić information content (AvgIpc) is 2.99. The molecule has 0 aliphatic carbocycles. The van der Waals surface area contributed by atoms with Gasteiger partial charge in [0.1, 0.15) is 5.82 Å². The van der Waals surface area contributed by atoms with E-state index in [1.807, 2.05) is 16.7 Å². The Morgan fingerprint density at radius 3 is 2.50 bits per heavy atom. The Morgan fingerprint density at radius 1 is 1.05 bits per heavy atom. The van der Waals surface area contributed by atoms with Crippen molar-refractivity contribution in [1.29, 1.82) is 5.26 Å². The van der Waals surface area contributed by atoms with E-state index >= 15 is 0 Å². The second-order valence-electron chi connectivity index (χ2n) is 4.82. The molecular formula is C17H11F2N3. The molecule has 0 spiro atoms. The molecule has 1 aromatic heterocycles. The third-order valence-electron chi connectivity index (χ3n) is 3.33. The van der Waals surface area contributed by atoms with E-state index in [2.05, 4.69) is 11.1 Å². The first-order chi connectivity index (χ1) is 10.7. The molecule has 0 amide bonds. The van der Waals surface area contributed by atoms with Gasteiger partial charge in [0.05, 0.1) is 11.6 Å². The number of benzene rings is 2. The molecule has 0 N–H and O–H groups in total. The van der Waals surface area contributed by atoms with Gasteiger partial charge in [0.15, 0.2) is 11.6 Å². The van der Waals surface area contributed by atoms with Crippen LogP contribution in [0.25, 0.3) is 11.4 Å². The van der Waals surface area contributed by atoms with E-state index in [4.69, 9.17) is 5.26 Å². The molecule has 0 saturated heterocycles. The van der Waals surface area contributed by atoms with Crippen molar-refractivity contribution < 1.29 is 8.78 Å². The molecule has 0 fully saturated rings. The fourth-order valence-corrected chi connectivity index (χ4v) is 2.21. The van der Waals surface area contributed by atoms with E-state index in [1.165, 1.54) is 6.07 Å². The van der Waals surface area contributed by atoms with Crippen LogP contribution in [-0.2, 0) is 6.54 Å². The number of halogens is 2. The molecule has 0 bridgehead atoms. The van der Waals surface area contributed by atoms with Crippen LogP contribution in [0.5, 0.6) is 0 Å². The molecule has 5 heteroatoms. The summed E-state index contributed by atoms with van der Waals surface area (Å²) >= 11 is 0. The van der Waals surface area contributed by atoms with Gasteiger partial charge in [0.25, 0.3) is 0 Å². The molecule has 22 heavy (non-hydrogen) atoms. The molecule has 0 aliphatic heterocycles. The molecule has 0 unspecified atom stereocenters. The van der Waals surface area contributed by atoms with Crippen LogP contribution in [0.15, 0.2) is 54.9 Å². The molecule has 108 valence electrons. The zero-order chi connectivity index (χ0) is 15.5. The molecule has 3 nitrogen and oxygen atoms in total. The predicted molar refractivity (Wildman–Crippen MR) is 77.8 cm³/mol. The fourth-order valence-electron chi connectivity index (χ4n) is 2.21.